The largest absolute Gasteiger partial charge is 0.483 e. The standard InChI is InChI=1S/C20H23F2NO2/c1-15-2-7-18(22)20(14-15)25-19(16-3-5-17(21)6-4-16)8-9-23-10-12-24-13-11-23/h2-7,14,19H,8-13H2,1H3. The minimum atomic E-state index is -0.385. The Labute approximate surface area is 147 Å². The number of halogens is 2. The molecule has 1 saturated heterocycles. The lowest BCUT2D eigenvalue weighted by Crippen LogP contribution is -2.37. The van der Waals surface area contributed by atoms with Crippen molar-refractivity contribution in [1.29, 1.82) is 0 Å². The quantitative estimate of drug-likeness (QED) is 0.785. The Bertz CT molecular complexity index is 685. The van der Waals surface area contributed by atoms with Gasteiger partial charge in [-0.25, -0.2) is 8.78 Å². The van der Waals surface area contributed by atoms with E-state index in [2.05, 4.69) is 4.90 Å². The number of hydrogen-bond acceptors (Lipinski definition) is 3. The van der Waals surface area contributed by atoms with E-state index in [4.69, 9.17) is 9.47 Å². The number of ether oxygens (including phenoxy) is 2. The van der Waals surface area contributed by atoms with Crippen molar-refractivity contribution in [2.45, 2.75) is 19.4 Å². The van der Waals surface area contributed by atoms with E-state index < -0.39 is 0 Å². The van der Waals surface area contributed by atoms with E-state index >= 15 is 0 Å². The van der Waals surface area contributed by atoms with Crippen LogP contribution in [0.2, 0.25) is 0 Å². The summed E-state index contributed by atoms with van der Waals surface area (Å²) >= 11 is 0. The normalized spacial score (nSPS) is 16.6. The average Bonchev–Trinajstić information content (AvgIpc) is 2.63. The SMILES string of the molecule is Cc1ccc(F)c(OC(CCN2CCOCC2)c2ccc(F)cc2)c1. The fourth-order valence-corrected chi connectivity index (χ4v) is 2.95. The minimum Gasteiger partial charge on any atom is -0.483 e. The van der Waals surface area contributed by atoms with Crippen LogP contribution >= 0.6 is 0 Å². The summed E-state index contributed by atoms with van der Waals surface area (Å²) in [4.78, 5) is 2.30. The van der Waals surface area contributed by atoms with Gasteiger partial charge in [-0.1, -0.05) is 18.2 Å². The van der Waals surface area contributed by atoms with Crippen molar-refractivity contribution in [3.63, 3.8) is 0 Å². The molecule has 1 atom stereocenters. The summed E-state index contributed by atoms with van der Waals surface area (Å²) in [7, 11) is 0. The lowest BCUT2D eigenvalue weighted by atomic mass is 10.1. The Kier molecular flexibility index (Phi) is 6.00. The summed E-state index contributed by atoms with van der Waals surface area (Å²) in [6.07, 6.45) is 0.360. The highest BCUT2D eigenvalue weighted by atomic mass is 19.1. The molecule has 5 heteroatoms. The monoisotopic (exact) mass is 347 g/mol. The third-order valence-corrected chi connectivity index (χ3v) is 4.41. The summed E-state index contributed by atoms with van der Waals surface area (Å²) in [5, 5.41) is 0. The Hall–Kier alpha value is -1.98. The molecule has 0 bridgehead atoms. The molecule has 1 aliphatic rings. The molecule has 0 spiro atoms. The minimum absolute atomic E-state index is 0.233. The van der Waals surface area contributed by atoms with E-state index in [1.807, 2.05) is 6.92 Å². The molecule has 0 radical (unpaired) electrons. The third-order valence-electron chi connectivity index (χ3n) is 4.41. The zero-order valence-electron chi connectivity index (χ0n) is 14.4. The summed E-state index contributed by atoms with van der Waals surface area (Å²) in [5.41, 5.74) is 1.78. The second kappa shape index (κ2) is 8.41. The molecule has 0 aliphatic carbocycles. The van der Waals surface area contributed by atoms with Crippen LogP contribution in [-0.2, 0) is 4.74 Å². The maximum atomic E-state index is 14.1. The van der Waals surface area contributed by atoms with Crippen LogP contribution in [0.15, 0.2) is 42.5 Å². The van der Waals surface area contributed by atoms with Crippen LogP contribution in [-0.4, -0.2) is 37.7 Å². The Morgan fingerprint density at radius 3 is 2.52 bits per heavy atom. The van der Waals surface area contributed by atoms with Crippen molar-refractivity contribution in [2.75, 3.05) is 32.8 Å². The fourth-order valence-electron chi connectivity index (χ4n) is 2.95. The molecule has 0 amide bonds. The van der Waals surface area contributed by atoms with E-state index in [9.17, 15) is 8.78 Å². The highest BCUT2D eigenvalue weighted by Crippen LogP contribution is 2.28. The van der Waals surface area contributed by atoms with Crippen molar-refractivity contribution in [3.8, 4) is 5.75 Å². The zero-order chi connectivity index (χ0) is 17.6. The molecular formula is C20H23F2NO2. The van der Waals surface area contributed by atoms with Crippen LogP contribution in [0.4, 0.5) is 8.78 Å². The molecule has 0 N–H and O–H groups in total. The highest BCUT2D eigenvalue weighted by Gasteiger charge is 2.19. The predicted molar refractivity (Wildman–Crippen MR) is 92.8 cm³/mol. The van der Waals surface area contributed by atoms with Gasteiger partial charge in [0.25, 0.3) is 0 Å². The topological polar surface area (TPSA) is 21.7 Å². The molecule has 1 fully saturated rings. The lowest BCUT2D eigenvalue weighted by molar-refractivity contribution is 0.0315. The van der Waals surface area contributed by atoms with Gasteiger partial charge in [0.15, 0.2) is 11.6 Å². The molecule has 25 heavy (non-hydrogen) atoms. The van der Waals surface area contributed by atoms with Crippen LogP contribution in [0.5, 0.6) is 5.75 Å². The van der Waals surface area contributed by atoms with E-state index in [1.165, 1.54) is 18.2 Å². The maximum Gasteiger partial charge on any atom is 0.165 e. The van der Waals surface area contributed by atoms with E-state index in [0.717, 1.165) is 44.0 Å². The summed E-state index contributed by atoms with van der Waals surface area (Å²) < 4.78 is 38.7. The number of rotatable bonds is 6. The molecule has 1 aliphatic heterocycles. The van der Waals surface area contributed by atoms with Crippen molar-refractivity contribution in [3.05, 3.63) is 65.2 Å². The predicted octanol–water partition coefficient (Wildman–Crippen LogP) is 4.12. The first-order chi connectivity index (χ1) is 12.1. The van der Waals surface area contributed by atoms with Gasteiger partial charge in [0.05, 0.1) is 13.2 Å². The molecule has 3 nitrogen and oxygen atoms in total. The van der Waals surface area contributed by atoms with Crippen LogP contribution < -0.4 is 4.74 Å². The van der Waals surface area contributed by atoms with Crippen molar-refractivity contribution in [1.82, 2.24) is 4.90 Å². The van der Waals surface area contributed by atoms with Crippen LogP contribution in [0.25, 0.3) is 0 Å². The van der Waals surface area contributed by atoms with Gasteiger partial charge in [0.1, 0.15) is 11.9 Å². The van der Waals surface area contributed by atoms with Gasteiger partial charge in [-0.05, 0) is 42.3 Å². The zero-order valence-corrected chi connectivity index (χ0v) is 14.4. The Morgan fingerprint density at radius 1 is 1.08 bits per heavy atom. The first-order valence-corrected chi connectivity index (χ1v) is 8.60. The van der Waals surface area contributed by atoms with Crippen molar-refractivity contribution in [2.24, 2.45) is 0 Å². The summed E-state index contributed by atoms with van der Waals surface area (Å²) in [5.74, 6) is -0.446. The fraction of sp³-hybridized carbons (Fsp3) is 0.400. The van der Waals surface area contributed by atoms with Gasteiger partial charge < -0.3 is 9.47 Å². The molecule has 2 aromatic carbocycles. The smallest absolute Gasteiger partial charge is 0.165 e. The highest BCUT2D eigenvalue weighted by molar-refractivity contribution is 5.30. The lowest BCUT2D eigenvalue weighted by Gasteiger charge is -2.28. The Morgan fingerprint density at radius 2 is 1.80 bits per heavy atom. The number of nitrogens with zero attached hydrogens (tertiary/aromatic N) is 1. The van der Waals surface area contributed by atoms with Crippen molar-refractivity contribution < 1.29 is 18.3 Å². The van der Waals surface area contributed by atoms with Crippen LogP contribution in [0.1, 0.15) is 23.7 Å². The van der Waals surface area contributed by atoms with E-state index in [-0.39, 0.29) is 23.5 Å². The molecule has 1 unspecified atom stereocenters. The number of hydrogen-bond donors (Lipinski definition) is 0. The number of morpholine rings is 1. The van der Waals surface area contributed by atoms with Gasteiger partial charge in [0, 0.05) is 26.1 Å². The molecule has 0 saturated carbocycles. The van der Waals surface area contributed by atoms with Crippen LogP contribution in [0, 0.1) is 18.6 Å². The molecule has 0 aromatic heterocycles. The first kappa shape index (κ1) is 17.8. The molecule has 2 aromatic rings. The van der Waals surface area contributed by atoms with Gasteiger partial charge >= 0.3 is 0 Å². The van der Waals surface area contributed by atoms with Gasteiger partial charge in [-0.3, -0.25) is 4.90 Å². The summed E-state index contributed by atoms with van der Waals surface area (Å²) in [6.45, 7) is 5.94. The van der Waals surface area contributed by atoms with Gasteiger partial charge in [-0.2, -0.15) is 0 Å². The number of benzene rings is 2. The van der Waals surface area contributed by atoms with E-state index in [1.54, 1.807) is 24.3 Å². The van der Waals surface area contributed by atoms with Gasteiger partial charge in [0.2, 0.25) is 0 Å². The van der Waals surface area contributed by atoms with Crippen LogP contribution in [0.3, 0.4) is 0 Å². The second-order valence-electron chi connectivity index (χ2n) is 6.33. The molecular weight excluding hydrogens is 324 g/mol. The summed E-state index contributed by atoms with van der Waals surface area (Å²) in [6, 6.07) is 11.0. The van der Waals surface area contributed by atoms with E-state index in [0.29, 0.717) is 6.42 Å². The average molecular weight is 347 g/mol. The first-order valence-electron chi connectivity index (χ1n) is 8.60. The molecule has 3 rings (SSSR count). The second-order valence-corrected chi connectivity index (χ2v) is 6.33. The van der Waals surface area contributed by atoms with Crippen molar-refractivity contribution >= 4 is 0 Å². The molecule has 134 valence electrons. The number of aryl methyl sites for hydroxylation is 1. The third kappa shape index (κ3) is 5.00. The molecule has 1 heterocycles. The Balaban J connectivity index is 1.75. The maximum absolute atomic E-state index is 14.1. The van der Waals surface area contributed by atoms with Gasteiger partial charge in [-0.15, -0.1) is 0 Å².